The predicted octanol–water partition coefficient (Wildman–Crippen LogP) is 3.17. The first-order chi connectivity index (χ1) is 13.1. The Morgan fingerprint density at radius 1 is 1.30 bits per heavy atom. The molecule has 6 nitrogen and oxygen atoms in total. The number of hydrogen-bond acceptors (Lipinski definition) is 5. The van der Waals surface area contributed by atoms with Crippen LogP contribution in [0.5, 0.6) is 5.75 Å². The summed E-state index contributed by atoms with van der Waals surface area (Å²) < 4.78 is 5.71. The first-order valence-electron chi connectivity index (χ1n) is 8.63. The number of carbonyl (C=O) groups excluding carboxylic acids is 1. The van der Waals surface area contributed by atoms with Crippen molar-refractivity contribution in [3.63, 3.8) is 0 Å². The first kappa shape index (κ1) is 18.2. The number of aryl methyl sites for hydroxylation is 1. The largest absolute Gasteiger partial charge is 0.494 e. The molecule has 0 fully saturated rings. The maximum absolute atomic E-state index is 11.2. The molecule has 1 amide bonds. The standard InChI is InChI=1S/C21H20N4O2/c1-3-14-6-5-7-16(10-14)25-21-17-11-15(8-9-20(22)26)19(27-4-2)12-18(17)23-13-24-21/h1,5-7,10-13H,4,8-9H2,2H3,(H2,22,26)(H,23,24,25). The van der Waals surface area contributed by atoms with Crippen molar-refractivity contribution in [2.24, 2.45) is 5.73 Å². The third-order valence-corrected chi connectivity index (χ3v) is 4.05. The number of aromatic nitrogens is 2. The Labute approximate surface area is 157 Å². The molecule has 2 aromatic carbocycles. The average Bonchev–Trinajstić information content (AvgIpc) is 2.67. The average molecular weight is 360 g/mol. The first-order valence-corrected chi connectivity index (χ1v) is 8.63. The van der Waals surface area contributed by atoms with E-state index in [1.165, 1.54) is 6.33 Å². The van der Waals surface area contributed by atoms with Crippen LogP contribution in [-0.2, 0) is 11.2 Å². The summed E-state index contributed by atoms with van der Waals surface area (Å²) in [7, 11) is 0. The highest BCUT2D eigenvalue weighted by Crippen LogP contribution is 2.30. The van der Waals surface area contributed by atoms with Crippen LogP contribution in [0.4, 0.5) is 11.5 Å². The lowest BCUT2D eigenvalue weighted by atomic mass is 10.0. The van der Waals surface area contributed by atoms with E-state index in [0.29, 0.717) is 24.6 Å². The Hall–Kier alpha value is -3.59. The number of nitrogens with two attached hydrogens (primary N) is 1. The molecule has 0 saturated heterocycles. The van der Waals surface area contributed by atoms with E-state index in [4.69, 9.17) is 16.9 Å². The van der Waals surface area contributed by atoms with Crippen LogP contribution < -0.4 is 15.8 Å². The predicted molar refractivity (Wildman–Crippen MR) is 106 cm³/mol. The third-order valence-electron chi connectivity index (χ3n) is 4.05. The maximum atomic E-state index is 11.2. The number of anilines is 2. The summed E-state index contributed by atoms with van der Waals surface area (Å²) >= 11 is 0. The van der Waals surface area contributed by atoms with Crippen molar-refractivity contribution in [3.05, 3.63) is 53.9 Å². The van der Waals surface area contributed by atoms with Crippen LogP contribution in [0, 0.1) is 12.3 Å². The molecule has 3 aromatic rings. The Kier molecular flexibility index (Phi) is 5.53. The molecule has 136 valence electrons. The van der Waals surface area contributed by atoms with Gasteiger partial charge < -0.3 is 15.8 Å². The zero-order valence-corrected chi connectivity index (χ0v) is 15.0. The number of rotatable bonds is 7. The van der Waals surface area contributed by atoms with Crippen molar-refractivity contribution in [3.8, 4) is 18.1 Å². The second-order valence-corrected chi connectivity index (χ2v) is 5.95. The number of amides is 1. The Morgan fingerprint density at radius 3 is 2.89 bits per heavy atom. The Balaban J connectivity index is 2.03. The molecule has 0 spiro atoms. The van der Waals surface area contributed by atoms with Crippen molar-refractivity contribution < 1.29 is 9.53 Å². The maximum Gasteiger partial charge on any atom is 0.217 e. The molecule has 3 rings (SSSR count). The summed E-state index contributed by atoms with van der Waals surface area (Å²) in [5.74, 6) is 3.61. The lowest BCUT2D eigenvalue weighted by Crippen LogP contribution is -2.11. The van der Waals surface area contributed by atoms with Crippen molar-refractivity contribution in [2.75, 3.05) is 11.9 Å². The molecule has 0 radical (unpaired) electrons. The van der Waals surface area contributed by atoms with Crippen LogP contribution in [0.3, 0.4) is 0 Å². The van der Waals surface area contributed by atoms with Gasteiger partial charge in [0, 0.05) is 29.1 Å². The molecule has 0 atom stereocenters. The van der Waals surface area contributed by atoms with Crippen molar-refractivity contribution in [2.45, 2.75) is 19.8 Å². The van der Waals surface area contributed by atoms with Crippen molar-refractivity contribution in [1.82, 2.24) is 9.97 Å². The highest BCUT2D eigenvalue weighted by Gasteiger charge is 2.12. The topological polar surface area (TPSA) is 90.1 Å². The molecule has 0 saturated carbocycles. The summed E-state index contributed by atoms with van der Waals surface area (Å²) in [5, 5.41) is 4.11. The summed E-state index contributed by atoms with van der Waals surface area (Å²) in [5.41, 5.74) is 8.54. The number of primary amides is 1. The number of terminal acetylenes is 1. The van der Waals surface area contributed by atoms with Gasteiger partial charge in [-0.1, -0.05) is 12.0 Å². The highest BCUT2D eigenvalue weighted by molar-refractivity contribution is 5.92. The van der Waals surface area contributed by atoms with E-state index in [2.05, 4.69) is 21.2 Å². The van der Waals surface area contributed by atoms with E-state index < -0.39 is 0 Å². The SMILES string of the molecule is C#Cc1cccc(Nc2ncnc3cc(OCC)c(CCC(N)=O)cc23)c1. The van der Waals surface area contributed by atoms with Gasteiger partial charge in [0.15, 0.2) is 0 Å². The number of ether oxygens (including phenoxy) is 1. The molecule has 0 aliphatic carbocycles. The normalized spacial score (nSPS) is 10.4. The molecule has 0 unspecified atom stereocenters. The van der Waals surface area contributed by atoms with Gasteiger partial charge in [-0.15, -0.1) is 6.42 Å². The van der Waals surface area contributed by atoms with Gasteiger partial charge >= 0.3 is 0 Å². The van der Waals surface area contributed by atoms with Crippen LogP contribution >= 0.6 is 0 Å². The summed E-state index contributed by atoms with van der Waals surface area (Å²) in [6.45, 7) is 2.43. The zero-order valence-electron chi connectivity index (χ0n) is 15.0. The quantitative estimate of drug-likeness (QED) is 0.632. The van der Waals surface area contributed by atoms with Crippen LogP contribution in [0.1, 0.15) is 24.5 Å². The summed E-state index contributed by atoms with van der Waals surface area (Å²) in [4.78, 5) is 19.9. The minimum atomic E-state index is -0.355. The van der Waals surface area contributed by atoms with Gasteiger partial charge in [-0.05, 0) is 43.2 Å². The molecule has 1 aromatic heterocycles. The van der Waals surface area contributed by atoms with Gasteiger partial charge in [0.1, 0.15) is 17.9 Å². The fraction of sp³-hybridized carbons (Fsp3) is 0.190. The third kappa shape index (κ3) is 4.33. The lowest BCUT2D eigenvalue weighted by molar-refractivity contribution is -0.117. The highest BCUT2D eigenvalue weighted by atomic mass is 16.5. The van der Waals surface area contributed by atoms with E-state index in [-0.39, 0.29) is 12.3 Å². The second kappa shape index (κ2) is 8.19. The summed E-state index contributed by atoms with van der Waals surface area (Å²) in [6.07, 6.45) is 7.69. The smallest absolute Gasteiger partial charge is 0.217 e. The monoisotopic (exact) mass is 360 g/mol. The van der Waals surface area contributed by atoms with Gasteiger partial charge in [-0.3, -0.25) is 4.79 Å². The van der Waals surface area contributed by atoms with Gasteiger partial charge in [-0.2, -0.15) is 0 Å². The molecule has 0 aliphatic rings. The van der Waals surface area contributed by atoms with Crippen molar-refractivity contribution >= 4 is 28.3 Å². The van der Waals surface area contributed by atoms with Crippen LogP contribution in [0.25, 0.3) is 10.9 Å². The molecule has 0 bridgehead atoms. The number of nitrogens with zero attached hydrogens (tertiary/aromatic N) is 2. The molecule has 1 heterocycles. The molecular formula is C21H20N4O2. The zero-order chi connectivity index (χ0) is 19.2. The lowest BCUT2D eigenvalue weighted by Gasteiger charge is -2.14. The fourth-order valence-electron chi connectivity index (χ4n) is 2.79. The molecular weight excluding hydrogens is 340 g/mol. The molecule has 3 N–H and O–H groups in total. The minimum Gasteiger partial charge on any atom is -0.494 e. The molecule has 27 heavy (non-hydrogen) atoms. The van der Waals surface area contributed by atoms with Crippen LogP contribution in [-0.4, -0.2) is 22.5 Å². The molecule has 6 heteroatoms. The second-order valence-electron chi connectivity index (χ2n) is 5.95. The van der Waals surface area contributed by atoms with E-state index in [1.807, 2.05) is 43.3 Å². The number of benzene rings is 2. The van der Waals surface area contributed by atoms with Gasteiger partial charge in [0.2, 0.25) is 5.91 Å². The van der Waals surface area contributed by atoms with Crippen molar-refractivity contribution in [1.29, 1.82) is 0 Å². The van der Waals surface area contributed by atoms with E-state index >= 15 is 0 Å². The minimum absolute atomic E-state index is 0.242. The van der Waals surface area contributed by atoms with E-state index in [1.54, 1.807) is 0 Å². The number of nitrogens with one attached hydrogen (secondary N) is 1. The Bertz CT molecular complexity index is 1020. The van der Waals surface area contributed by atoms with Crippen LogP contribution in [0.2, 0.25) is 0 Å². The van der Waals surface area contributed by atoms with E-state index in [0.717, 1.165) is 27.7 Å². The number of fused-ring (bicyclic) bond motifs is 1. The van der Waals surface area contributed by atoms with Gasteiger partial charge in [0.25, 0.3) is 0 Å². The van der Waals surface area contributed by atoms with E-state index in [9.17, 15) is 4.79 Å². The number of carbonyl (C=O) groups is 1. The fourth-order valence-corrected chi connectivity index (χ4v) is 2.79. The summed E-state index contributed by atoms with van der Waals surface area (Å²) in [6, 6.07) is 11.3. The Morgan fingerprint density at radius 2 is 2.15 bits per heavy atom. The van der Waals surface area contributed by atoms with Crippen LogP contribution in [0.15, 0.2) is 42.7 Å². The van der Waals surface area contributed by atoms with Gasteiger partial charge in [-0.25, -0.2) is 9.97 Å². The number of hydrogen-bond donors (Lipinski definition) is 2. The molecule has 0 aliphatic heterocycles. The van der Waals surface area contributed by atoms with Gasteiger partial charge in [0.05, 0.1) is 12.1 Å².